The van der Waals surface area contributed by atoms with Crippen molar-refractivity contribution in [3.8, 4) is 17.3 Å². The molecule has 0 radical (unpaired) electrons. The van der Waals surface area contributed by atoms with Gasteiger partial charge in [0.05, 0.1) is 8.30 Å². The number of aromatic nitrogens is 7. The molecule has 4 rings (SSSR count). The highest BCUT2D eigenvalue weighted by atomic mass is 19.1. The van der Waals surface area contributed by atoms with Gasteiger partial charge < -0.3 is 4.74 Å². The summed E-state index contributed by atoms with van der Waals surface area (Å²) in [6.07, 6.45) is 0.813. The van der Waals surface area contributed by atoms with Crippen molar-refractivity contribution in [2.45, 2.75) is 45.9 Å². The van der Waals surface area contributed by atoms with E-state index >= 15 is 0 Å². The minimum atomic E-state index is -3.82. The van der Waals surface area contributed by atoms with Crippen LogP contribution in [0.1, 0.15) is 58.0 Å². The third kappa shape index (κ3) is 3.55. The molecule has 0 spiro atoms. The van der Waals surface area contributed by atoms with Gasteiger partial charge >= 0.3 is 0 Å². The minimum Gasteiger partial charge on any atom is -0.468 e. The van der Waals surface area contributed by atoms with E-state index in [2.05, 4.69) is 25.4 Å². The first-order valence-corrected chi connectivity index (χ1v) is 8.10. The SMILES string of the molecule is [2H]C([2H])([2H])Cn1ncnc1C([2H])([2H])Oc1nn2c(-c3ccccc3F)nnc2cc1C(C([2H])([2H])[2H])(C([2H])([2H])[2H])C([2H])([2H])[2H]. The Morgan fingerprint density at radius 3 is 2.90 bits per heavy atom. The van der Waals surface area contributed by atoms with Crippen LogP contribution in [0.5, 0.6) is 5.88 Å². The molecule has 0 aliphatic rings. The van der Waals surface area contributed by atoms with Crippen molar-refractivity contribution in [1.82, 2.24) is 34.6 Å². The Balaban J connectivity index is 2.08. The number of benzene rings is 1. The molecule has 8 nitrogen and oxygen atoms in total. The number of hydrogen-bond donors (Lipinski definition) is 0. The lowest BCUT2D eigenvalue weighted by atomic mass is 9.88. The van der Waals surface area contributed by atoms with Crippen LogP contribution in [-0.2, 0) is 18.5 Å². The maximum Gasteiger partial charge on any atom is 0.236 e. The van der Waals surface area contributed by atoms with Gasteiger partial charge in [0.1, 0.15) is 18.7 Å². The summed E-state index contributed by atoms with van der Waals surface area (Å²) in [6, 6.07) is 5.90. The Morgan fingerprint density at radius 1 is 1.24 bits per heavy atom. The lowest BCUT2D eigenvalue weighted by Crippen LogP contribution is -2.17. The first-order chi connectivity index (χ1) is 19.5. The number of aryl methyl sites for hydroxylation is 1. The molecular weight excluding hydrogens is 373 g/mol. The second-order valence-corrected chi connectivity index (χ2v) is 5.83. The molecule has 0 saturated heterocycles. The third-order valence-corrected chi connectivity index (χ3v) is 3.88. The van der Waals surface area contributed by atoms with Crippen LogP contribution in [0, 0.1) is 5.82 Å². The van der Waals surface area contributed by atoms with Gasteiger partial charge in [-0.25, -0.2) is 14.1 Å². The van der Waals surface area contributed by atoms with Crippen molar-refractivity contribution in [2.75, 3.05) is 0 Å². The Labute approximate surface area is 187 Å². The molecule has 0 amide bonds. The van der Waals surface area contributed by atoms with Crippen LogP contribution in [0.3, 0.4) is 0 Å². The number of ether oxygens (including phenoxy) is 1. The monoisotopic (exact) mass is 409 g/mol. The molecular formula is C20H22FN7O. The Kier molecular flexibility index (Phi) is 2.13. The summed E-state index contributed by atoms with van der Waals surface area (Å²) in [5, 5.41) is 15.3. The normalized spacial score (nSPS) is 21.3. The molecule has 0 fully saturated rings. The van der Waals surface area contributed by atoms with E-state index in [0.29, 0.717) is 10.7 Å². The molecule has 0 aliphatic heterocycles. The predicted molar refractivity (Wildman–Crippen MR) is 105 cm³/mol. The summed E-state index contributed by atoms with van der Waals surface area (Å²) in [7, 11) is 0. The van der Waals surface area contributed by atoms with Gasteiger partial charge in [0.15, 0.2) is 17.3 Å². The van der Waals surface area contributed by atoms with Gasteiger partial charge in [0.2, 0.25) is 5.88 Å². The van der Waals surface area contributed by atoms with E-state index in [1.807, 2.05) is 0 Å². The summed E-state index contributed by atoms with van der Waals surface area (Å²) in [5.41, 5.74) is -5.44. The number of fused-ring (bicyclic) bond motifs is 1. The molecule has 9 heteroatoms. The third-order valence-electron chi connectivity index (χ3n) is 3.88. The van der Waals surface area contributed by atoms with E-state index in [9.17, 15) is 4.39 Å². The van der Waals surface area contributed by atoms with E-state index < -0.39 is 74.7 Å². The zero-order chi connectivity index (χ0) is 32.4. The van der Waals surface area contributed by atoms with Crippen molar-refractivity contribution in [3.05, 3.63) is 53.9 Å². The minimum absolute atomic E-state index is 0.171. The van der Waals surface area contributed by atoms with Gasteiger partial charge in [0, 0.05) is 28.6 Å². The van der Waals surface area contributed by atoms with Crippen molar-refractivity contribution < 1.29 is 28.3 Å². The fourth-order valence-corrected chi connectivity index (χ4v) is 2.52. The molecule has 0 bridgehead atoms. The lowest BCUT2D eigenvalue weighted by molar-refractivity contribution is 0.264. The van der Waals surface area contributed by atoms with E-state index in [1.165, 1.54) is 18.2 Å². The van der Waals surface area contributed by atoms with E-state index in [-0.39, 0.29) is 11.4 Å². The van der Waals surface area contributed by atoms with Crippen molar-refractivity contribution in [3.63, 3.8) is 0 Å². The van der Waals surface area contributed by atoms with Crippen LogP contribution in [0.25, 0.3) is 17.0 Å². The van der Waals surface area contributed by atoms with Gasteiger partial charge in [-0.3, -0.25) is 0 Å². The fraction of sp³-hybridized carbons (Fsp3) is 0.350. The van der Waals surface area contributed by atoms with E-state index in [4.69, 9.17) is 23.9 Å². The highest BCUT2D eigenvalue weighted by Gasteiger charge is 2.24. The second-order valence-electron chi connectivity index (χ2n) is 5.83. The smallest absolute Gasteiger partial charge is 0.236 e. The number of nitrogens with zero attached hydrogens (tertiary/aromatic N) is 7. The maximum atomic E-state index is 14.7. The molecule has 29 heavy (non-hydrogen) atoms. The van der Waals surface area contributed by atoms with Gasteiger partial charge in [0.25, 0.3) is 0 Å². The molecule has 0 saturated carbocycles. The molecule has 1 aromatic carbocycles. The molecule has 3 aromatic heterocycles. The topological polar surface area (TPSA) is 83.0 Å². The number of rotatable bonds is 5. The first-order valence-electron chi connectivity index (χ1n) is 15.1. The van der Waals surface area contributed by atoms with Crippen LogP contribution >= 0.6 is 0 Å². The molecule has 0 N–H and O–H groups in total. The van der Waals surface area contributed by atoms with Gasteiger partial charge in [-0.05, 0) is 30.5 Å². The number of hydrogen-bond acceptors (Lipinski definition) is 6. The largest absolute Gasteiger partial charge is 0.468 e. The van der Waals surface area contributed by atoms with Crippen LogP contribution in [0.2, 0.25) is 0 Å². The average molecular weight is 410 g/mol. The van der Waals surface area contributed by atoms with Crippen LogP contribution in [0.4, 0.5) is 4.39 Å². The highest BCUT2D eigenvalue weighted by Crippen LogP contribution is 2.32. The average Bonchev–Trinajstić information content (AvgIpc) is 3.43. The van der Waals surface area contributed by atoms with Crippen molar-refractivity contribution in [1.29, 1.82) is 0 Å². The summed E-state index contributed by atoms with van der Waals surface area (Å²) in [4.78, 5) is 3.70. The quantitative estimate of drug-likeness (QED) is 0.502. The number of halogens is 1. The standard InChI is InChI=1S/C20H22FN7O/c1-5-27-17(22-12-23-27)11-29-19-14(20(2,3)4)10-16-24-25-18(28(16)26-19)13-8-6-7-9-15(13)21/h6-10,12H,5,11H2,1-4H3/i1D3,2D3,3D3,4D3,11D2. The predicted octanol–water partition coefficient (Wildman–Crippen LogP) is 3.42. The molecule has 0 unspecified atom stereocenters. The van der Waals surface area contributed by atoms with E-state index in [0.717, 1.165) is 16.9 Å². The molecule has 0 atom stereocenters. The molecule has 4 aromatic rings. The van der Waals surface area contributed by atoms with E-state index in [1.54, 1.807) is 0 Å². The molecule has 150 valence electrons. The van der Waals surface area contributed by atoms with Crippen LogP contribution in [0.15, 0.2) is 36.7 Å². The summed E-state index contributed by atoms with van der Waals surface area (Å²) in [5.74, 6) is -3.02. The molecule has 3 heterocycles. The van der Waals surface area contributed by atoms with Gasteiger partial charge in [-0.15, -0.1) is 15.3 Å². The summed E-state index contributed by atoms with van der Waals surface area (Å²) in [6.45, 7) is -18.2. The van der Waals surface area contributed by atoms with Crippen molar-refractivity contribution >= 4 is 5.65 Å². The first kappa shape index (κ1) is 8.56. The highest BCUT2D eigenvalue weighted by molar-refractivity contribution is 5.60. The zero-order valence-corrected chi connectivity index (χ0v) is 14.6. The fourth-order valence-electron chi connectivity index (χ4n) is 2.52. The zero-order valence-electron chi connectivity index (χ0n) is 28.6. The van der Waals surface area contributed by atoms with Gasteiger partial charge in [-0.1, -0.05) is 32.7 Å². The maximum absolute atomic E-state index is 14.7. The Bertz CT molecular complexity index is 1600. The second kappa shape index (κ2) is 7.23. The molecule has 0 aliphatic carbocycles. The van der Waals surface area contributed by atoms with Gasteiger partial charge in [-0.2, -0.15) is 9.61 Å². The lowest BCUT2D eigenvalue weighted by Gasteiger charge is -2.21. The summed E-state index contributed by atoms with van der Waals surface area (Å²) >= 11 is 0. The Hall–Kier alpha value is -3.36. The van der Waals surface area contributed by atoms with Crippen molar-refractivity contribution in [2.24, 2.45) is 0 Å². The Morgan fingerprint density at radius 2 is 2.10 bits per heavy atom. The van der Waals surface area contributed by atoms with Crippen LogP contribution in [-0.4, -0.2) is 34.6 Å². The van der Waals surface area contributed by atoms with Crippen LogP contribution < -0.4 is 4.74 Å². The summed E-state index contributed by atoms with van der Waals surface area (Å²) < 4.78 is 134.